The number of aromatic nitrogens is 1. The molecule has 4 heteroatoms. The summed E-state index contributed by atoms with van der Waals surface area (Å²) in [6.45, 7) is 5.12. The van der Waals surface area contributed by atoms with E-state index in [2.05, 4.69) is 24.1 Å². The summed E-state index contributed by atoms with van der Waals surface area (Å²) >= 11 is 6.03. The van der Waals surface area contributed by atoms with Gasteiger partial charge in [-0.1, -0.05) is 36.7 Å². The van der Waals surface area contributed by atoms with Gasteiger partial charge in [0.2, 0.25) is 5.88 Å². The molecule has 0 aliphatic rings. The van der Waals surface area contributed by atoms with Gasteiger partial charge in [0.25, 0.3) is 0 Å². The summed E-state index contributed by atoms with van der Waals surface area (Å²) in [7, 11) is 0. The van der Waals surface area contributed by atoms with Crippen molar-refractivity contribution in [2.45, 2.75) is 19.9 Å². The molecule has 19 heavy (non-hydrogen) atoms. The SMILES string of the molecule is CCNC(C)c1ccc(Oc2ccccc2Cl)nc1. The number of benzene rings is 1. The van der Waals surface area contributed by atoms with Crippen molar-refractivity contribution in [3.8, 4) is 11.6 Å². The summed E-state index contributed by atoms with van der Waals surface area (Å²) in [6.07, 6.45) is 1.82. The molecule has 0 radical (unpaired) electrons. The van der Waals surface area contributed by atoms with Crippen LogP contribution in [0.5, 0.6) is 11.6 Å². The molecule has 0 fully saturated rings. The van der Waals surface area contributed by atoms with Gasteiger partial charge in [0, 0.05) is 18.3 Å². The van der Waals surface area contributed by atoms with E-state index in [4.69, 9.17) is 16.3 Å². The lowest BCUT2D eigenvalue weighted by Crippen LogP contribution is -2.17. The highest BCUT2D eigenvalue weighted by Crippen LogP contribution is 2.28. The number of rotatable bonds is 5. The number of nitrogens with zero attached hydrogens (tertiary/aromatic N) is 1. The van der Waals surface area contributed by atoms with Crippen molar-refractivity contribution >= 4 is 11.6 Å². The Labute approximate surface area is 118 Å². The van der Waals surface area contributed by atoms with E-state index in [1.807, 2.05) is 36.5 Å². The van der Waals surface area contributed by atoms with E-state index >= 15 is 0 Å². The third kappa shape index (κ3) is 3.69. The fourth-order valence-corrected chi connectivity index (χ4v) is 1.95. The summed E-state index contributed by atoms with van der Waals surface area (Å²) < 4.78 is 5.64. The Kier molecular flexibility index (Phi) is 4.77. The fraction of sp³-hybridized carbons (Fsp3) is 0.267. The average molecular weight is 277 g/mol. The first-order valence-corrected chi connectivity index (χ1v) is 6.70. The van der Waals surface area contributed by atoms with Gasteiger partial charge in [-0.2, -0.15) is 0 Å². The highest BCUT2D eigenvalue weighted by Gasteiger charge is 2.06. The van der Waals surface area contributed by atoms with E-state index in [-0.39, 0.29) is 6.04 Å². The zero-order valence-corrected chi connectivity index (χ0v) is 11.8. The summed E-state index contributed by atoms with van der Waals surface area (Å²) in [5.41, 5.74) is 1.13. The molecule has 2 aromatic rings. The van der Waals surface area contributed by atoms with Crippen LogP contribution < -0.4 is 10.1 Å². The molecule has 0 bridgehead atoms. The van der Waals surface area contributed by atoms with Crippen LogP contribution in [0, 0.1) is 0 Å². The maximum Gasteiger partial charge on any atom is 0.219 e. The Balaban J connectivity index is 2.09. The molecule has 0 spiro atoms. The number of halogens is 1. The Morgan fingerprint density at radius 2 is 2.05 bits per heavy atom. The standard InChI is InChI=1S/C15H17ClN2O/c1-3-17-11(2)12-8-9-15(18-10-12)19-14-7-5-4-6-13(14)16/h4-11,17H,3H2,1-2H3. The van der Waals surface area contributed by atoms with Crippen molar-refractivity contribution in [2.24, 2.45) is 0 Å². The van der Waals surface area contributed by atoms with E-state index < -0.39 is 0 Å². The van der Waals surface area contributed by atoms with Crippen LogP contribution in [-0.4, -0.2) is 11.5 Å². The number of pyridine rings is 1. The quantitative estimate of drug-likeness (QED) is 0.889. The second-order valence-electron chi connectivity index (χ2n) is 4.24. The van der Waals surface area contributed by atoms with Gasteiger partial charge in [-0.15, -0.1) is 0 Å². The minimum Gasteiger partial charge on any atom is -0.437 e. The number of para-hydroxylation sites is 1. The molecule has 100 valence electrons. The van der Waals surface area contributed by atoms with Gasteiger partial charge in [0.05, 0.1) is 5.02 Å². The molecule has 1 aromatic carbocycles. The topological polar surface area (TPSA) is 34.1 Å². The van der Waals surface area contributed by atoms with Gasteiger partial charge < -0.3 is 10.1 Å². The molecular formula is C15H17ClN2O. The third-order valence-corrected chi connectivity index (χ3v) is 3.13. The summed E-state index contributed by atoms with van der Waals surface area (Å²) in [5.74, 6) is 1.16. The van der Waals surface area contributed by atoms with E-state index in [1.54, 1.807) is 6.07 Å². The molecule has 0 aliphatic heterocycles. The Morgan fingerprint density at radius 1 is 1.26 bits per heavy atom. The van der Waals surface area contributed by atoms with Crippen LogP contribution in [0.15, 0.2) is 42.6 Å². The minimum atomic E-state index is 0.284. The van der Waals surface area contributed by atoms with Crippen LogP contribution in [0.3, 0.4) is 0 Å². The molecule has 1 N–H and O–H groups in total. The molecule has 2 rings (SSSR count). The van der Waals surface area contributed by atoms with Crippen molar-refractivity contribution in [1.29, 1.82) is 0 Å². The van der Waals surface area contributed by atoms with Crippen molar-refractivity contribution in [3.05, 3.63) is 53.2 Å². The molecule has 0 saturated carbocycles. The lowest BCUT2D eigenvalue weighted by Gasteiger charge is -2.12. The lowest BCUT2D eigenvalue weighted by molar-refractivity contribution is 0.461. The average Bonchev–Trinajstić information content (AvgIpc) is 2.42. The summed E-state index contributed by atoms with van der Waals surface area (Å²) in [4.78, 5) is 4.30. The molecule has 1 aromatic heterocycles. The monoisotopic (exact) mass is 276 g/mol. The predicted molar refractivity (Wildman–Crippen MR) is 77.9 cm³/mol. The number of ether oxygens (including phenoxy) is 1. The minimum absolute atomic E-state index is 0.284. The maximum atomic E-state index is 6.03. The molecule has 3 nitrogen and oxygen atoms in total. The normalized spacial score (nSPS) is 12.2. The first-order chi connectivity index (χ1) is 9.20. The van der Waals surface area contributed by atoms with E-state index in [1.165, 1.54) is 0 Å². The second kappa shape index (κ2) is 6.55. The van der Waals surface area contributed by atoms with E-state index in [0.717, 1.165) is 12.1 Å². The lowest BCUT2D eigenvalue weighted by atomic mass is 10.1. The van der Waals surface area contributed by atoms with Crippen LogP contribution in [0.25, 0.3) is 0 Å². The number of hydrogen-bond donors (Lipinski definition) is 1. The molecule has 1 unspecified atom stereocenters. The van der Waals surface area contributed by atoms with Crippen LogP contribution in [0.1, 0.15) is 25.5 Å². The van der Waals surface area contributed by atoms with Gasteiger partial charge in [0.1, 0.15) is 5.75 Å². The number of nitrogens with one attached hydrogen (secondary N) is 1. The predicted octanol–water partition coefficient (Wildman–Crippen LogP) is 4.20. The van der Waals surface area contributed by atoms with E-state index in [0.29, 0.717) is 16.7 Å². The van der Waals surface area contributed by atoms with Crippen LogP contribution in [0.4, 0.5) is 0 Å². The van der Waals surface area contributed by atoms with Crippen LogP contribution in [0.2, 0.25) is 5.02 Å². The van der Waals surface area contributed by atoms with Crippen LogP contribution >= 0.6 is 11.6 Å². The van der Waals surface area contributed by atoms with Crippen molar-refractivity contribution in [2.75, 3.05) is 6.54 Å². The van der Waals surface area contributed by atoms with Gasteiger partial charge in [0.15, 0.2) is 0 Å². The summed E-state index contributed by atoms with van der Waals surface area (Å²) in [6, 6.07) is 11.5. The van der Waals surface area contributed by atoms with Gasteiger partial charge in [-0.25, -0.2) is 4.98 Å². The van der Waals surface area contributed by atoms with Crippen LogP contribution in [-0.2, 0) is 0 Å². The fourth-order valence-electron chi connectivity index (χ4n) is 1.77. The highest BCUT2D eigenvalue weighted by molar-refractivity contribution is 6.32. The first-order valence-electron chi connectivity index (χ1n) is 6.32. The Bertz CT molecular complexity index is 528. The first kappa shape index (κ1) is 13.8. The van der Waals surface area contributed by atoms with Gasteiger partial charge in [-0.05, 0) is 31.2 Å². The van der Waals surface area contributed by atoms with Gasteiger partial charge in [-0.3, -0.25) is 0 Å². The molecule has 0 amide bonds. The molecular weight excluding hydrogens is 260 g/mol. The molecule has 1 atom stereocenters. The van der Waals surface area contributed by atoms with Crippen molar-refractivity contribution in [1.82, 2.24) is 10.3 Å². The number of hydrogen-bond acceptors (Lipinski definition) is 3. The van der Waals surface area contributed by atoms with Crippen molar-refractivity contribution in [3.63, 3.8) is 0 Å². The van der Waals surface area contributed by atoms with E-state index in [9.17, 15) is 0 Å². The Morgan fingerprint density at radius 3 is 2.68 bits per heavy atom. The zero-order valence-electron chi connectivity index (χ0n) is 11.1. The zero-order chi connectivity index (χ0) is 13.7. The highest BCUT2D eigenvalue weighted by atomic mass is 35.5. The van der Waals surface area contributed by atoms with Gasteiger partial charge >= 0.3 is 0 Å². The summed E-state index contributed by atoms with van der Waals surface area (Å²) in [5, 5.41) is 3.92. The molecule has 0 saturated heterocycles. The Hall–Kier alpha value is -1.58. The smallest absolute Gasteiger partial charge is 0.219 e. The third-order valence-electron chi connectivity index (χ3n) is 2.82. The molecule has 0 aliphatic carbocycles. The second-order valence-corrected chi connectivity index (χ2v) is 4.65. The maximum absolute atomic E-state index is 6.03. The van der Waals surface area contributed by atoms with Crippen molar-refractivity contribution < 1.29 is 4.74 Å². The molecule has 1 heterocycles. The largest absolute Gasteiger partial charge is 0.437 e.